The molecule has 17 heavy (non-hydrogen) atoms. The lowest BCUT2D eigenvalue weighted by Gasteiger charge is -2.34. The molecular formula is C13H19BrN2O. The Hall–Kier alpha value is -0.420. The van der Waals surface area contributed by atoms with Crippen molar-refractivity contribution in [3.05, 3.63) is 34.3 Å². The van der Waals surface area contributed by atoms with Gasteiger partial charge in [-0.15, -0.1) is 0 Å². The van der Waals surface area contributed by atoms with E-state index < -0.39 is 0 Å². The summed E-state index contributed by atoms with van der Waals surface area (Å²) >= 11 is 3.50. The first kappa shape index (κ1) is 13.0. The number of hydrogen-bond acceptors (Lipinski definition) is 3. The predicted octanol–water partition coefficient (Wildman–Crippen LogP) is 1.56. The summed E-state index contributed by atoms with van der Waals surface area (Å²) < 4.78 is 1.15. The van der Waals surface area contributed by atoms with Crippen molar-refractivity contribution in [1.29, 1.82) is 0 Å². The lowest BCUT2D eigenvalue weighted by Crippen LogP contribution is -2.46. The highest BCUT2D eigenvalue weighted by molar-refractivity contribution is 9.10. The van der Waals surface area contributed by atoms with Crippen molar-refractivity contribution in [2.75, 3.05) is 39.3 Å². The van der Waals surface area contributed by atoms with Gasteiger partial charge in [-0.3, -0.25) is 9.80 Å². The Morgan fingerprint density at radius 1 is 1.12 bits per heavy atom. The zero-order valence-corrected chi connectivity index (χ0v) is 11.6. The summed E-state index contributed by atoms with van der Waals surface area (Å²) in [5, 5.41) is 8.89. The molecule has 0 atom stereocenters. The van der Waals surface area contributed by atoms with Gasteiger partial charge >= 0.3 is 0 Å². The Balaban J connectivity index is 1.82. The van der Waals surface area contributed by atoms with E-state index in [-0.39, 0.29) is 6.61 Å². The van der Waals surface area contributed by atoms with E-state index in [9.17, 15) is 0 Å². The Kier molecular flexibility index (Phi) is 4.98. The first-order valence-corrected chi connectivity index (χ1v) is 6.87. The number of hydrogen-bond donors (Lipinski definition) is 1. The standard InChI is InChI=1S/C13H19BrN2O/c14-13-3-1-2-12(10-13)11-16-6-4-15(5-7-16)8-9-17/h1-3,10,17H,4-9,11H2. The highest BCUT2D eigenvalue weighted by atomic mass is 79.9. The molecule has 0 aromatic heterocycles. The van der Waals surface area contributed by atoms with Crippen molar-refractivity contribution in [3.8, 4) is 0 Å². The maximum Gasteiger partial charge on any atom is 0.0558 e. The topological polar surface area (TPSA) is 26.7 Å². The molecule has 1 N–H and O–H groups in total. The van der Waals surface area contributed by atoms with E-state index in [1.54, 1.807) is 0 Å². The third kappa shape index (κ3) is 4.07. The number of rotatable bonds is 4. The second kappa shape index (κ2) is 6.50. The summed E-state index contributed by atoms with van der Waals surface area (Å²) in [7, 11) is 0. The normalized spacial score (nSPS) is 18.5. The van der Waals surface area contributed by atoms with Gasteiger partial charge in [0.1, 0.15) is 0 Å². The molecule has 1 aromatic rings. The minimum absolute atomic E-state index is 0.269. The van der Waals surface area contributed by atoms with Gasteiger partial charge in [0.15, 0.2) is 0 Å². The summed E-state index contributed by atoms with van der Waals surface area (Å²) in [6.45, 7) is 6.41. The van der Waals surface area contributed by atoms with E-state index in [2.05, 4.69) is 50.0 Å². The fourth-order valence-corrected chi connectivity index (χ4v) is 2.65. The summed E-state index contributed by atoms with van der Waals surface area (Å²) in [4.78, 5) is 4.78. The summed E-state index contributed by atoms with van der Waals surface area (Å²) in [6.07, 6.45) is 0. The van der Waals surface area contributed by atoms with Crippen molar-refractivity contribution < 1.29 is 5.11 Å². The molecule has 0 spiro atoms. The average Bonchev–Trinajstić information content (AvgIpc) is 2.32. The second-order valence-corrected chi connectivity index (χ2v) is 5.39. The van der Waals surface area contributed by atoms with Crippen molar-refractivity contribution in [3.63, 3.8) is 0 Å². The van der Waals surface area contributed by atoms with Crippen LogP contribution < -0.4 is 0 Å². The van der Waals surface area contributed by atoms with Crippen LogP contribution in [-0.2, 0) is 6.54 Å². The van der Waals surface area contributed by atoms with Crippen molar-refractivity contribution in [1.82, 2.24) is 9.80 Å². The van der Waals surface area contributed by atoms with Crippen LogP contribution in [-0.4, -0.2) is 54.2 Å². The smallest absolute Gasteiger partial charge is 0.0558 e. The molecule has 0 saturated carbocycles. The summed E-state index contributed by atoms with van der Waals surface area (Å²) in [6, 6.07) is 8.50. The molecule has 1 saturated heterocycles. The lowest BCUT2D eigenvalue weighted by molar-refractivity contribution is 0.108. The van der Waals surface area contributed by atoms with E-state index in [0.29, 0.717) is 0 Å². The molecule has 1 fully saturated rings. The second-order valence-electron chi connectivity index (χ2n) is 4.47. The number of aliphatic hydroxyl groups is 1. The zero-order chi connectivity index (χ0) is 12.1. The maximum atomic E-state index is 8.89. The SMILES string of the molecule is OCCN1CCN(Cc2cccc(Br)c2)CC1. The first-order valence-electron chi connectivity index (χ1n) is 6.08. The van der Waals surface area contributed by atoms with Crippen molar-refractivity contribution >= 4 is 15.9 Å². The van der Waals surface area contributed by atoms with Crippen LogP contribution in [0.2, 0.25) is 0 Å². The number of nitrogens with zero attached hydrogens (tertiary/aromatic N) is 2. The minimum Gasteiger partial charge on any atom is -0.395 e. The molecule has 1 aliphatic rings. The Bertz CT molecular complexity index is 351. The molecule has 94 valence electrons. The van der Waals surface area contributed by atoms with E-state index in [1.165, 1.54) is 5.56 Å². The number of halogens is 1. The summed E-state index contributed by atoms with van der Waals surface area (Å²) in [5.41, 5.74) is 1.36. The molecule has 4 heteroatoms. The Labute approximate surface area is 111 Å². The molecule has 0 bridgehead atoms. The minimum atomic E-state index is 0.269. The van der Waals surface area contributed by atoms with Crippen LogP contribution in [0.15, 0.2) is 28.7 Å². The van der Waals surface area contributed by atoms with Gasteiger partial charge in [-0.05, 0) is 17.7 Å². The molecular weight excluding hydrogens is 280 g/mol. The van der Waals surface area contributed by atoms with Crippen molar-refractivity contribution in [2.24, 2.45) is 0 Å². The van der Waals surface area contributed by atoms with Gasteiger partial charge in [-0.25, -0.2) is 0 Å². The molecule has 0 aliphatic carbocycles. The molecule has 1 heterocycles. The van der Waals surface area contributed by atoms with Crippen LogP contribution in [0.3, 0.4) is 0 Å². The molecule has 0 radical (unpaired) electrons. The molecule has 3 nitrogen and oxygen atoms in total. The quantitative estimate of drug-likeness (QED) is 0.914. The fourth-order valence-electron chi connectivity index (χ4n) is 2.21. The van der Waals surface area contributed by atoms with Gasteiger partial charge in [0.25, 0.3) is 0 Å². The predicted molar refractivity (Wildman–Crippen MR) is 72.9 cm³/mol. The third-order valence-electron chi connectivity index (χ3n) is 3.18. The maximum absolute atomic E-state index is 8.89. The van der Waals surface area contributed by atoms with Gasteiger partial charge in [-0.2, -0.15) is 0 Å². The summed E-state index contributed by atoms with van der Waals surface area (Å²) in [5.74, 6) is 0. The monoisotopic (exact) mass is 298 g/mol. The molecule has 2 rings (SSSR count). The Morgan fingerprint density at radius 3 is 2.47 bits per heavy atom. The Morgan fingerprint density at radius 2 is 1.82 bits per heavy atom. The highest BCUT2D eigenvalue weighted by Crippen LogP contribution is 2.14. The molecule has 0 amide bonds. The van der Waals surface area contributed by atoms with E-state index in [1.807, 2.05) is 0 Å². The average molecular weight is 299 g/mol. The van der Waals surface area contributed by atoms with Gasteiger partial charge in [0.05, 0.1) is 6.61 Å². The highest BCUT2D eigenvalue weighted by Gasteiger charge is 2.16. The van der Waals surface area contributed by atoms with Gasteiger partial charge < -0.3 is 5.11 Å². The lowest BCUT2D eigenvalue weighted by atomic mass is 10.2. The number of aliphatic hydroxyl groups excluding tert-OH is 1. The zero-order valence-electron chi connectivity index (χ0n) is 9.98. The third-order valence-corrected chi connectivity index (χ3v) is 3.67. The van der Waals surface area contributed by atoms with Crippen LogP contribution in [0, 0.1) is 0 Å². The first-order chi connectivity index (χ1) is 8.28. The van der Waals surface area contributed by atoms with Gasteiger partial charge in [0.2, 0.25) is 0 Å². The van der Waals surface area contributed by atoms with Crippen LogP contribution in [0.1, 0.15) is 5.56 Å². The van der Waals surface area contributed by atoms with Crippen LogP contribution >= 0.6 is 15.9 Å². The van der Waals surface area contributed by atoms with Crippen molar-refractivity contribution in [2.45, 2.75) is 6.54 Å². The molecule has 0 unspecified atom stereocenters. The van der Waals surface area contributed by atoms with Crippen LogP contribution in [0.25, 0.3) is 0 Å². The van der Waals surface area contributed by atoms with Gasteiger partial charge in [0, 0.05) is 43.7 Å². The number of β-amino-alcohol motifs (C(OH)–C–C–N with tert-alkyl or cyclic N) is 1. The number of piperazine rings is 1. The van der Waals surface area contributed by atoms with E-state index in [4.69, 9.17) is 5.11 Å². The van der Waals surface area contributed by atoms with Gasteiger partial charge in [-0.1, -0.05) is 28.1 Å². The van der Waals surface area contributed by atoms with E-state index in [0.717, 1.165) is 43.7 Å². The largest absolute Gasteiger partial charge is 0.395 e. The fraction of sp³-hybridized carbons (Fsp3) is 0.538. The molecule has 1 aliphatic heterocycles. The molecule has 1 aromatic carbocycles. The van der Waals surface area contributed by atoms with Crippen LogP contribution in [0.4, 0.5) is 0 Å². The number of benzene rings is 1. The van der Waals surface area contributed by atoms with E-state index >= 15 is 0 Å². The van der Waals surface area contributed by atoms with Crippen LogP contribution in [0.5, 0.6) is 0 Å².